The van der Waals surface area contributed by atoms with E-state index in [2.05, 4.69) is 59.8 Å². The van der Waals surface area contributed by atoms with E-state index >= 15 is 0 Å². The largest absolute Gasteiger partial charge is 0.369 e. The molecule has 0 saturated carbocycles. The average molecular weight is 296 g/mol. The van der Waals surface area contributed by atoms with E-state index in [1.54, 1.807) is 0 Å². The molecule has 1 aromatic carbocycles. The Labute approximate surface area is 113 Å². The van der Waals surface area contributed by atoms with Crippen LogP contribution in [-0.2, 0) is 5.33 Å². The minimum absolute atomic E-state index is 0.673. The van der Waals surface area contributed by atoms with Gasteiger partial charge < -0.3 is 4.90 Å². The smallest absolute Gasteiger partial charge is 0.0398 e. The second-order valence-electron chi connectivity index (χ2n) is 5.43. The molecule has 1 fully saturated rings. The van der Waals surface area contributed by atoms with Crippen LogP contribution in [0.3, 0.4) is 0 Å². The van der Waals surface area contributed by atoms with Crippen LogP contribution in [0.4, 0.5) is 5.69 Å². The number of nitrogens with zero attached hydrogens (tertiary/aromatic N) is 1. The Kier molecular flexibility index (Phi) is 4.13. The highest BCUT2D eigenvalue weighted by atomic mass is 79.9. The van der Waals surface area contributed by atoms with Crippen LogP contribution in [-0.4, -0.2) is 12.6 Å². The van der Waals surface area contributed by atoms with Gasteiger partial charge in [-0.15, -0.1) is 0 Å². The number of hydrogen-bond acceptors (Lipinski definition) is 1. The SMILES string of the molecule is Cc1cc(CBr)ccc1N1CCC(C)CC1C. The molecule has 0 aliphatic carbocycles. The lowest BCUT2D eigenvalue weighted by molar-refractivity contribution is 0.377. The van der Waals surface area contributed by atoms with E-state index in [1.165, 1.54) is 36.2 Å². The van der Waals surface area contributed by atoms with Crippen LogP contribution in [0.1, 0.15) is 37.8 Å². The van der Waals surface area contributed by atoms with E-state index in [4.69, 9.17) is 0 Å². The van der Waals surface area contributed by atoms with Crippen molar-refractivity contribution in [1.29, 1.82) is 0 Å². The lowest BCUT2D eigenvalue weighted by Gasteiger charge is -2.39. The van der Waals surface area contributed by atoms with E-state index in [0.29, 0.717) is 6.04 Å². The maximum Gasteiger partial charge on any atom is 0.0398 e. The molecule has 1 aromatic rings. The highest BCUT2D eigenvalue weighted by Gasteiger charge is 2.23. The minimum atomic E-state index is 0.673. The van der Waals surface area contributed by atoms with Crippen molar-refractivity contribution in [2.24, 2.45) is 5.92 Å². The van der Waals surface area contributed by atoms with Gasteiger partial charge >= 0.3 is 0 Å². The highest BCUT2D eigenvalue weighted by molar-refractivity contribution is 9.08. The van der Waals surface area contributed by atoms with E-state index in [-0.39, 0.29) is 0 Å². The summed E-state index contributed by atoms with van der Waals surface area (Å²) in [6.45, 7) is 8.16. The van der Waals surface area contributed by atoms with Crippen LogP contribution in [0.2, 0.25) is 0 Å². The first-order valence-electron chi connectivity index (χ1n) is 6.54. The van der Waals surface area contributed by atoms with Gasteiger partial charge in [0.1, 0.15) is 0 Å². The van der Waals surface area contributed by atoms with E-state index < -0.39 is 0 Å². The van der Waals surface area contributed by atoms with Crippen LogP contribution >= 0.6 is 15.9 Å². The van der Waals surface area contributed by atoms with Gasteiger partial charge in [-0.3, -0.25) is 0 Å². The molecule has 0 aromatic heterocycles. The normalized spacial score (nSPS) is 25.1. The molecule has 1 nitrogen and oxygen atoms in total. The Hall–Kier alpha value is -0.500. The van der Waals surface area contributed by atoms with E-state index in [0.717, 1.165) is 11.2 Å². The molecule has 94 valence electrons. The quantitative estimate of drug-likeness (QED) is 0.726. The molecule has 1 aliphatic heterocycles. The maximum atomic E-state index is 3.52. The van der Waals surface area contributed by atoms with Crippen molar-refractivity contribution in [3.8, 4) is 0 Å². The number of anilines is 1. The molecule has 1 saturated heterocycles. The van der Waals surface area contributed by atoms with Crippen molar-refractivity contribution in [1.82, 2.24) is 0 Å². The molecule has 0 radical (unpaired) electrons. The summed E-state index contributed by atoms with van der Waals surface area (Å²) in [6.07, 6.45) is 2.64. The summed E-state index contributed by atoms with van der Waals surface area (Å²) in [5, 5.41) is 0.945. The molecule has 0 N–H and O–H groups in total. The third-order valence-electron chi connectivity index (χ3n) is 3.86. The fourth-order valence-corrected chi connectivity index (χ4v) is 3.24. The maximum absolute atomic E-state index is 3.52. The number of alkyl halides is 1. The summed E-state index contributed by atoms with van der Waals surface area (Å²) in [5.74, 6) is 0.878. The van der Waals surface area contributed by atoms with Crippen LogP contribution in [0.25, 0.3) is 0 Å². The highest BCUT2D eigenvalue weighted by Crippen LogP contribution is 2.30. The monoisotopic (exact) mass is 295 g/mol. The minimum Gasteiger partial charge on any atom is -0.369 e. The van der Waals surface area contributed by atoms with Gasteiger partial charge in [0.25, 0.3) is 0 Å². The van der Waals surface area contributed by atoms with Crippen molar-refractivity contribution in [3.05, 3.63) is 29.3 Å². The summed E-state index contributed by atoms with van der Waals surface area (Å²) in [7, 11) is 0. The van der Waals surface area contributed by atoms with Crippen molar-refractivity contribution in [3.63, 3.8) is 0 Å². The molecule has 2 rings (SSSR count). The van der Waals surface area contributed by atoms with Crippen molar-refractivity contribution < 1.29 is 0 Å². The molecular weight excluding hydrogens is 274 g/mol. The number of piperidine rings is 1. The van der Waals surface area contributed by atoms with Gasteiger partial charge in [-0.1, -0.05) is 35.0 Å². The lowest BCUT2D eigenvalue weighted by atomic mass is 9.92. The molecule has 1 heterocycles. The van der Waals surface area contributed by atoms with E-state index in [9.17, 15) is 0 Å². The molecule has 17 heavy (non-hydrogen) atoms. The summed E-state index contributed by atoms with van der Waals surface area (Å²) < 4.78 is 0. The van der Waals surface area contributed by atoms with Gasteiger partial charge in [0.2, 0.25) is 0 Å². The van der Waals surface area contributed by atoms with E-state index in [1.807, 2.05) is 0 Å². The molecule has 0 spiro atoms. The van der Waals surface area contributed by atoms with Gasteiger partial charge in [0, 0.05) is 23.6 Å². The Bertz CT molecular complexity index is 389. The molecule has 2 heteroatoms. The summed E-state index contributed by atoms with van der Waals surface area (Å²) in [4.78, 5) is 2.58. The topological polar surface area (TPSA) is 3.24 Å². The van der Waals surface area contributed by atoms with Gasteiger partial charge in [-0.2, -0.15) is 0 Å². The second-order valence-corrected chi connectivity index (χ2v) is 5.99. The molecule has 2 atom stereocenters. The Morgan fingerprint density at radius 2 is 2.12 bits per heavy atom. The fraction of sp³-hybridized carbons (Fsp3) is 0.600. The number of benzene rings is 1. The molecule has 0 amide bonds. The molecule has 1 aliphatic rings. The zero-order valence-corrected chi connectivity index (χ0v) is 12.6. The summed E-state index contributed by atoms with van der Waals surface area (Å²) in [6, 6.07) is 7.50. The Morgan fingerprint density at radius 3 is 2.71 bits per heavy atom. The predicted octanol–water partition coefficient (Wildman–Crippen LogP) is 4.51. The first-order chi connectivity index (χ1) is 8.11. The Morgan fingerprint density at radius 1 is 1.35 bits per heavy atom. The first-order valence-corrected chi connectivity index (χ1v) is 7.66. The standard InChI is InChI=1S/C15H22BrN/c1-11-6-7-17(13(3)8-11)15-5-4-14(10-16)9-12(15)2/h4-5,9,11,13H,6-8,10H2,1-3H3. The third-order valence-corrected chi connectivity index (χ3v) is 4.51. The fourth-order valence-electron chi connectivity index (χ4n) is 2.89. The lowest BCUT2D eigenvalue weighted by Crippen LogP contribution is -2.40. The van der Waals surface area contributed by atoms with Crippen molar-refractivity contribution in [2.75, 3.05) is 11.4 Å². The van der Waals surface area contributed by atoms with Crippen molar-refractivity contribution in [2.45, 2.75) is 45.0 Å². The number of aryl methyl sites for hydroxylation is 1. The third kappa shape index (κ3) is 2.85. The van der Waals surface area contributed by atoms with Crippen LogP contribution in [0.5, 0.6) is 0 Å². The summed E-state index contributed by atoms with van der Waals surface area (Å²) in [5.41, 5.74) is 4.20. The summed E-state index contributed by atoms with van der Waals surface area (Å²) >= 11 is 3.52. The number of rotatable bonds is 2. The van der Waals surface area contributed by atoms with Gasteiger partial charge in [-0.25, -0.2) is 0 Å². The van der Waals surface area contributed by atoms with Crippen molar-refractivity contribution >= 4 is 21.6 Å². The zero-order chi connectivity index (χ0) is 12.4. The van der Waals surface area contributed by atoms with Gasteiger partial charge in [-0.05, 0) is 49.8 Å². The van der Waals surface area contributed by atoms with Crippen LogP contribution in [0, 0.1) is 12.8 Å². The van der Waals surface area contributed by atoms with Crippen LogP contribution < -0.4 is 4.90 Å². The zero-order valence-electron chi connectivity index (χ0n) is 11.0. The predicted molar refractivity (Wildman–Crippen MR) is 79.0 cm³/mol. The average Bonchev–Trinajstić information content (AvgIpc) is 2.30. The van der Waals surface area contributed by atoms with Gasteiger partial charge in [0.05, 0.1) is 0 Å². The number of hydrogen-bond donors (Lipinski definition) is 0. The first kappa shape index (κ1) is 12.9. The molecular formula is C15H22BrN. The van der Waals surface area contributed by atoms with Gasteiger partial charge in [0.15, 0.2) is 0 Å². The molecule has 2 unspecified atom stereocenters. The van der Waals surface area contributed by atoms with Crippen LogP contribution in [0.15, 0.2) is 18.2 Å². The second kappa shape index (κ2) is 5.43. The number of halogens is 1. The Balaban J connectivity index is 2.22. The molecule has 0 bridgehead atoms.